The summed E-state index contributed by atoms with van der Waals surface area (Å²) in [6.07, 6.45) is 4.90. The minimum atomic E-state index is -2.43. The van der Waals surface area contributed by atoms with Gasteiger partial charge in [0, 0.05) is 0 Å². The number of Topliss-reactive ketones (excluding diaryl/α,β-unsaturated/α-hetero) is 1. The molecular formula is C9H8BrFO3. The van der Waals surface area contributed by atoms with E-state index >= 15 is 0 Å². The van der Waals surface area contributed by atoms with Crippen LogP contribution in [-0.2, 0) is 9.59 Å². The van der Waals surface area contributed by atoms with Crippen molar-refractivity contribution >= 4 is 27.7 Å². The summed E-state index contributed by atoms with van der Waals surface area (Å²) < 4.78 is 14.0. The second-order valence-electron chi connectivity index (χ2n) is 2.88. The van der Waals surface area contributed by atoms with Crippen LogP contribution in [0.2, 0.25) is 0 Å². The second-order valence-corrected chi connectivity index (χ2v) is 3.45. The molecule has 0 aromatic carbocycles. The zero-order valence-electron chi connectivity index (χ0n) is 7.11. The SMILES string of the molecule is O=C(O)C1C=CC=CC1(F)C(=O)CBr. The molecule has 0 spiro atoms. The summed E-state index contributed by atoms with van der Waals surface area (Å²) >= 11 is 2.82. The van der Waals surface area contributed by atoms with Crippen LogP contribution in [0.15, 0.2) is 24.3 Å². The van der Waals surface area contributed by atoms with Crippen LogP contribution in [0.25, 0.3) is 0 Å². The van der Waals surface area contributed by atoms with Crippen LogP contribution in [-0.4, -0.2) is 27.9 Å². The molecule has 0 heterocycles. The molecule has 76 valence electrons. The van der Waals surface area contributed by atoms with Gasteiger partial charge >= 0.3 is 5.97 Å². The fourth-order valence-electron chi connectivity index (χ4n) is 1.25. The molecule has 2 unspecified atom stereocenters. The Morgan fingerprint density at radius 3 is 2.64 bits per heavy atom. The summed E-state index contributed by atoms with van der Waals surface area (Å²) in [7, 11) is 0. The van der Waals surface area contributed by atoms with Crippen LogP contribution in [0.5, 0.6) is 0 Å². The van der Waals surface area contributed by atoms with Gasteiger partial charge in [0.1, 0.15) is 5.92 Å². The van der Waals surface area contributed by atoms with E-state index in [9.17, 15) is 14.0 Å². The van der Waals surface area contributed by atoms with Gasteiger partial charge in [-0.3, -0.25) is 9.59 Å². The predicted octanol–water partition coefficient (Wildman–Crippen LogP) is 1.49. The number of hydrogen-bond donors (Lipinski definition) is 1. The average Bonchev–Trinajstić information content (AvgIpc) is 2.16. The summed E-state index contributed by atoms with van der Waals surface area (Å²) in [6.45, 7) is 0. The molecule has 1 aliphatic carbocycles. The van der Waals surface area contributed by atoms with Gasteiger partial charge in [-0.1, -0.05) is 34.2 Å². The van der Waals surface area contributed by atoms with Gasteiger partial charge in [0.2, 0.25) is 5.67 Å². The third kappa shape index (κ3) is 1.77. The minimum Gasteiger partial charge on any atom is -0.481 e. The third-order valence-corrected chi connectivity index (χ3v) is 2.53. The van der Waals surface area contributed by atoms with Crippen LogP contribution < -0.4 is 0 Å². The Kier molecular flexibility index (Phi) is 3.21. The monoisotopic (exact) mass is 262 g/mol. The molecular weight excluding hydrogens is 255 g/mol. The largest absolute Gasteiger partial charge is 0.481 e. The van der Waals surface area contributed by atoms with E-state index in [2.05, 4.69) is 15.9 Å². The van der Waals surface area contributed by atoms with Crippen molar-refractivity contribution in [1.29, 1.82) is 0 Å². The summed E-state index contributed by atoms with van der Waals surface area (Å²) in [5, 5.41) is 8.52. The summed E-state index contributed by atoms with van der Waals surface area (Å²) in [5.74, 6) is -3.56. The van der Waals surface area contributed by atoms with Crippen molar-refractivity contribution < 1.29 is 19.1 Å². The van der Waals surface area contributed by atoms with Gasteiger partial charge < -0.3 is 5.11 Å². The number of allylic oxidation sites excluding steroid dienone is 3. The Hall–Kier alpha value is -0.970. The number of halogens is 2. The number of ketones is 1. The molecule has 0 amide bonds. The van der Waals surface area contributed by atoms with Crippen molar-refractivity contribution in [3.05, 3.63) is 24.3 Å². The molecule has 1 N–H and O–H groups in total. The number of carboxylic acid groups (broad SMARTS) is 1. The maximum Gasteiger partial charge on any atom is 0.314 e. The zero-order chi connectivity index (χ0) is 10.8. The number of carboxylic acids is 1. The Bertz CT molecular complexity index is 324. The van der Waals surface area contributed by atoms with E-state index < -0.39 is 23.3 Å². The number of rotatable bonds is 3. The fourth-order valence-corrected chi connectivity index (χ4v) is 1.68. The van der Waals surface area contributed by atoms with Gasteiger partial charge in [0.25, 0.3) is 0 Å². The molecule has 0 aromatic heterocycles. The van der Waals surface area contributed by atoms with Crippen molar-refractivity contribution in [2.75, 3.05) is 5.33 Å². The topological polar surface area (TPSA) is 54.4 Å². The normalized spacial score (nSPS) is 30.3. The van der Waals surface area contributed by atoms with Gasteiger partial charge in [-0.05, 0) is 6.08 Å². The first-order chi connectivity index (χ1) is 6.52. The molecule has 0 aromatic rings. The molecule has 1 rings (SSSR count). The quantitative estimate of drug-likeness (QED) is 0.785. The molecule has 0 fully saturated rings. The third-order valence-electron chi connectivity index (χ3n) is 2.02. The highest BCUT2D eigenvalue weighted by molar-refractivity contribution is 9.09. The number of aliphatic carboxylic acids is 1. The van der Waals surface area contributed by atoms with E-state index in [4.69, 9.17) is 5.11 Å². The summed E-state index contributed by atoms with van der Waals surface area (Å²) in [4.78, 5) is 21.9. The molecule has 0 saturated heterocycles. The summed E-state index contributed by atoms with van der Waals surface area (Å²) in [5.41, 5.74) is -2.43. The predicted molar refractivity (Wildman–Crippen MR) is 52.0 cm³/mol. The van der Waals surface area contributed by atoms with Gasteiger partial charge in [0.05, 0.1) is 5.33 Å². The molecule has 0 bridgehead atoms. The molecule has 0 radical (unpaired) electrons. The lowest BCUT2D eigenvalue weighted by Crippen LogP contribution is -2.44. The number of alkyl halides is 2. The molecule has 0 saturated carbocycles. The van der Waals surface area contributed by atoms with E-state index in [0.717, 1.165) is 6.08 Å². The fraction of sp³-hybridized carbons (Fsp3) is 0.333. The highest BCUT2D eigenvalue weighted by Gasteiger charge is 2.46. The summed E-state index contributed by atoms with van der Waals surface area (Å²) in [6, 6.07) is 0. The highest BCUT2D eigenvalue weighted by Crippen LogP contribution is 2.30. The first kappa shape index (κ1) is 11.1. The first-order valence-electron chi connectivity index (χ1n) is 3.89. The van der Waals surface area contributed by atoms with Crippen molar-refractivity contribution in [2.24, 2.45) is 5.92 Å². The van der Waals surface area contributed by atoms with Crippen LogP contribution in [0.3, 0.4) is 0 Å². The first-order valence-corrected chi connectivity index (χ1v) is 5.01. The van der Waals surface area contributed by atoms with E-state index in [1.807, 2.05) is 0 Å². The van der Waals surface area contributed by atoms with Crippen LogP contribution in [0, 0.1) is 5.92 Å². The van der Waals surface area contributed by atoms with Crippen molar-refractivity contribution in [3.8, 4) is 0 Å². The maximum atomic E-state index is 14.0. The minimum absolute atomic E-state index is 0.203. The van der Waals surface area contributed by atoms with Crippen molar-refractivity contribution in [1.82, 2.24) is 0 Å². The average molecular weight is 263 g/mol. The Labute approximate surface area is 88.4 Å². The van der Waals surface area contributed by atoms with Gasteiger partial charge in [-0.15, -0.1) is 0 Å². The van der Waals surface area contributed by atoms with Crippen molar-refractivity contribution in [3.63, 3.8) is 0 Å². The van der Waals surface area contributed by atoms with E-state index in [-0.39, 0.29) is 5.33 Å². The maximum absolute atomic E-state index is 14.0. The van der Waals surface area contributed by atoms with Crippen molar-refractivity contribution in [2.45, 2.75) is 5.67 Å². The molecule has 0 aliphatic heterocycles. The molecule has 1 aliphatic rings. The lowest BCUT2D eigenvalue weighted by Gasteiger charge is -2.25. The molecule has 2 atom stereocenters. The van der Waals surface area contributed by atoms with E-state index in [1.54, 1.807) is 0 Å². The van der Waals surface area contributed by atoms with E-state index in [1.165, 1.54) is 18.2 Å². The lowest BCUT2D eigenvalue weighted by atomic mass is 9.83. The Balaban J connectivity index is 3.05. The van der Waals surface area contributed by atoms with E-state index in [0.29, 0.717) is 0 Å². The number of hydrogen-bond acceptors (Lipinski definition) is 2. The Morgan fingerprint density at radius 2 is 2.14 bits per heavy atom. The smallest absolute Gasteiger partial charge is 0.314 e. The van der Waals surface area contributed by atoms with Gasteiger partial charge in [0.15, 0.2) is 5.78 Å². The standard InChI is InChI=1S/C9H8BrFO3/c10-5-7(12)9(11)4-2-1-3-6(9)8(13)14/h1-4,6H,5H2,(H,13,14). The van der Waals surface area contributed by atoms with Gasteiger partial charge in [-0.25, -0.2) is 4.39 Å². The number of carbonyl (C=O) groups is 2. The number of carbonyl (C=O) groups excluding carboxylic acids is 1. The highest BCUT2D eigenvalue weighted by atomic mass is 79.9. The molecule has 5 heteroatoms. The van der Waals surface area contributed by atoms with Crippen LogP contribution in [0.1, 0.15) is 0 Å². The van der Waals surface area contributed by atoms with Crippen LogP contribution >= 0.6 is 15.9 Å². The van der Waals surface area contributed by atoms with Gasteiger partial charge in [-0.2, -0.15) is 0 Å². The zero-order valence-corrected chi connectivity index (χ0v) is 8.70. The Morgan fingerprint density at radius 1 is 1.50 bits per heavy atom. The second kappa shape index (κ2) is 4.04. The van der Waals surface area contributed by atoms with Crippen LogP contribution in [0.4, 0.5) is 4.39 Å². The molecule has 3 nitrogen and oxygen atoms in total. The lowest BCUT2D eigenvalue weighted by molar-refractivity contribution is -0.147. The molecule has 14 heavy (non-hydrogen) atoms.